The van der Waals surface area contributed by atoms with Crippen LogP contribution in [0.4, 0.5) is 4.39 Å². The SMILES string of the molecule is COC(=O)C(NCC(C)C)c1ccc(F)cc1Cl. The largest absolute Gasteiger partial charge is 0.468 e. The van der Waals surface area contributed by atoms with Crippen LogP contribution in [-0.2, 0) is 9.53 Å². The summed E-state index contributed by atoms with van der Waals surface area (Å²) in [7, 11) is 1.31. The Kier molecular flexibility index (Phi) is 5.56. The minimum atomic E-state index is -0.675. The molecule has 0 aliphatic carbocycles. The van der Waals surface area contributed by atoms with Gasteiger partial charge in [0, 0.05) is 5.02 Å². The molecule has 1 aromatic rings. The number of rotatable bonds is 5. The Bertz CT molecular complexity index is 423. The molecular weight excluding hydrogens is 257 g/mol. The van der Waals surface area contributed by atoms with Crippen molar-refractivity contribution in [3.63, 3.8) is 0 Å². The average molecular weight is 274 g/mol. The van der Waals surface area contributed by atoms with Crippen LogP contribution in [0, 0.1) is 11.7 Å². The van der Waals surface area contributed by atoms with Crippen molar-refractivity contribution >= 4 is 17.6 Å². The number of carbonyl (C=O) groups excluding carboxylic acids is 1. The fourth-order valence-corrected chi connectivity index (χ4v) is 1.80. The Morgan fingerprint density at radius 3 is 2.67 bits per heavy atom. The molecule has 0 aliphatic heterocycles. The average Bonchev–Trinajstić information content (AvgIpc) is 2.30. The van der Waals surface area contributed by atoms with Crippen molar-refractivity contribution in [3.8, 4) is 0 Å². The summed E-state index contributed by atoms with van der Waals surface area (Å²) < 4.78 is 17.7. The van der Waals surface area contributed by atoms with Gasteiger partial charge in [-0.3, -0.25) is 0 Å². The number of methoxy groups -OCH3 is 1. The van der Waals surface area contributed by atoms with Gasteiger partial charge in [0.15, 0.2) is 0 Å². The van der Waals surface area contributed by atoms with Crippen molar-refractivity contribution < 1.29 is 13.9 Å². The molecule has 0 radical (unpaired) electrons. The summed E-state index contributed by atoms with van der Waals surface area (Å²) in [6, 6.07) is 3.27. The Balaban J connectivity index is 2.97. The van der Waals surface area contributed by atoms with Gasteiger partial charge in [-0.25, -0.2) is 9.18 Å². The third-order valence-corrected chi connectivity index (χ3v) is 2.77. The highest BCUT2D eigenvalue weighted by Crippen LogP contribution is 2.25. The van der Waals surface area contributed by atoms with E-state index in [9.17, 15) is 9.18 Å². The number of ether oxygens (including phenoxy) is 1. The van der Waals surface area contributed by atoms with Crippen molar-refractivity contribution in [2.75, 3.05) is 13.7 Å². The zero-order valence-electron chi connectivity index (χ0n) is 10.7. The van der Waals surface area contributed by atoms with Crippen molar-refractivity contribution in [2.45, 2.75) is 19.9 Å². The van der Waals surface area contributed by atoms with E-state index in [1.807, 2.05) is 13.8 Å². The van der Waals surface area contributed by atoms with Gasteiger partial charge in [-0.15, -0.1) is 0 Å². The van der Waals surface area contributed by atoms with Crippen LogP contribution in [0.5, 0.6) is 0 Å². The minimum Gasteiger partial charge on any atom is -0.468 e. The molecule has 0 aromatic heterocycles. The molecule has 5 heteroatoms. The Hall–Kier alpha value is -1.13. The molecule has 18 heavy (non-hydrogen) atoms. The number of hydrogen-bond donors (Lipinski definition) is 1. The number of halogens is 2. The molecule has 1 rings (SSSR count). The molecule has 0 spiro atoms. The lowest BCUT2D eigenvalue weighted by Crippen LogP contribution is -2.32. The summed E-state index contributed by atoms with van der Waals surface area (Å²) in [4.78, 5) is 11.7. The molecule has 0 heterocycles. The maximum atomic E-state index is 13.0. The van der Waals surface area contributed by atoms with Gasteiger partial charge < -0.3 is 10.1 Å². The lowest BCUT2D eigenvalue weighted by molar-refractivity contribution is -0.143. The highest BCUT2D eigenvalue weighted by atomic mass is 35.5. The predicted octanol–water partition coefficient (Wildman–Crippen LogP) is 2.94. The first-order valence-electron chi connectivity index (χ1n) is 5.72. The van der Waals surface area contributed by atoms with Gasteiger partial charge in [-0.1, -0.05) is 31.5 Å². The molecule has 3 nitrogen and oxygen atoms in total. The number of hydrogen-bond acceptors (Lipinski definition) is 3. The van der Waals surface area contributed by atoms with E-state index in [0.717, 1.165) is 0 Å². The van der Waals surface area contributed by atoms with Gasteiger partial charge in [0.05, 0.1) is 7.11 Å². The standard InChI is InChI=1S/C13H17ClFNO2/c1-8(2)7-16-12(13(17)18-3)10-5-4-9(15)6-11(10)14/h4-6,8,12,16H,7H2,1-3H3. The lowest BCUT2D eigenvalue weighted by atomic mass is 10.1. The molecule has 1 N–H and O–H groups in total. The maximum absolute atomic E-state index is 13.0. The van der Waals surface area contributed by atoms with Crippen LogP contribution in [0.1, 0.15) is 25.5 Å². The van der Waals surface area contributed by atoms with E-state index in [4.69, 9.17) is 16.3 Å². The number of carbonyl (C=O) groups is 1. The summed E-state index contributed by atoms with van der Waals surface area (Å²) in [5.41, 5.74) is 0.519. The van der Waals surface area contributed by atoms with E-state index in [1.165, 1.54) is 25.3 Å². The zero-order chi connectivity index (χ0) is 13.7. The third-order valence-electron chi connectivity index (χ3n) is 2.44. The van der Waals surface area contributed by atoms with E-state index >= 15 is 0 Å². The Morgan fingerprint density at radius 1 is 1.50 bits per heavy atom. The van der Waals surface area contributed by atoms with E-state index in [2.05, 4.69) is 5.32 Å². The van der Waals surface area contributed by atoms with E-state index in [1.54, 1.807) is 0 Å². The summed E-state index contributed by atoms with van der Waals surface area (Å²) >= 11 is 5.95. The van der Waals surface area contributed by atoms with Crippen molar-refractivity contribution in [1.82, 2.24) is 5.32 Å². The first-order chi connectivity index (χ1) is 8.45. The van der Waals surface area contributed by atoms with Gasteiger partial charge in [0.25, 0.3) is 0 Å². The molecule has 0 aliphatic rings. The molecule has 0 saturated heterocycles. The smallest absolute Gasteiger partial charge is 0.327 e. The van der Waals surface area contributed by atoms with Gasteiger partial charge in [-0.05, 0) is 30.2 Å². The number of nitrogens with one attached hydrogen (secondary N) is 1. The first-order valence-corrected chi connectivity index (χ1v) is 6.09. The van der Waals surface area contributed by atoms with Crippen molar-refractivity contribution in [3.05, 3.63) is 34.6 Å². The quantitative estimate of drug-likeness (QED) is 0.839. The topological polar surface area (TPSA) is 38.3 Å². The second-order valence-corrected chi connectivity index (χ2v) is 4.83. The molecule has 1 aromatic carbocycles. The summed E-state index contributed by atoms with van der Waals surface area (Å²) in [5.74, 6) is -0.503. The normalized spacial score (nSPS) is 12.6. The van der Waals surface area contributed by atoms with Crippen LogP contribution < -0.4 is 5.32 Å². The molecule has 0 amide bonds. The summed E-state index contributed by atoms with van der Waals surface area (Å²) in [6.45, 7) is 4.68. The molecular formula is C13H17ClFNO2. The molecule has 1 atom stereocenters. The van der Waals surface area contributed by atoms with Crippen LogP contribution in [-0.4, -0.2) is 19.6 Å². The fourth-order valence-electron chi connectivity index (χ4n) is 1.53. The second-order valence-electron chi connectivity index (χ2n) is 4.42. The monoisotopic (exact) mass is 273 g/mol. The second kappa shape index (κ2) is 6.71. The van der Waals surface area contributed by atoms with E-state index in [0.29, 0.717) is 18.0 Å². The van der Waals surface area contributed by atoms with Gasteiger partial charge in [-0.2, -0.15) is 0 Å². The predicted molar refractivity (Wildman–Crippen MR) is 69.0 cm³/mol. The summed E-state index contributed by atoms with van der Waals surface area (Å²) in [5, 5.41) is 3.27. The fraction of sp³-hybridized carbons (Fsp3) is 0.462. The molecule has 1 unspecified atom stereocenters. The van der Waals surface area contributed by atoms with Gasteiger partial charge in [0.2, 0.25) is 0 Å². The first kappa shape index (κ1) is 14.9. The zero-order valence-corrected chi connectivity index (χ0v) is 11.4. The van der Waals surface area contributed by atoms with E-state index in [-0.39, 0.29) is 5.02 Å². The van der Waals surface area contributed by atoms with Crippen LogP contribution in [0.3, 0.4) is 0 Å². The molecule has 0 saturated carbocycles. The molecule has 0 fully saturated rings. The lowest BCUT2D eigenvalue weighted by Gasteiger charge is -2.19. The van der Waals surface area contributed by atoms with Gasteiger partial charge in [0.1, 0.15) is 11.9 Å². The maximum Gasteiger partial charge on any atom is 0.327 e. The van der Waals surface area contributed by atoms with Crippen LogP contribution in [0.15, 0.2) is 18.2 Å². The van der Waals surface area contributed by atoms with Gasteiger partial charge >= 0.3 is 5.97 Å². The van der Waals surface area contributed by atoms with Crippen molar-refractivity contribution in [1.29, 1.82) is 0 Å². The van der Waals surface area contributed by atoms with Crippen LogP contribution in [0.2, 0.25) is 5.02 Å². The number of benzene rings is 1. The van der Waals surface area contributed by atoms with E-state index < -0.39 is 17.8 Å². The van der Waals surface area contributed by atoms with Crippen LogP contribution >= 0.6 is 11.6 Å². The highest BCUT2D eigenvalue weighted by molar-refractivity contribution is 6.31. The summed E-state index contributed by atoms with van der Waals surface area (Å²) in [6.07, 6.45) is 0. The van der Waals surface area contributed by atoms with Crippen molar-refractivity contribution in [2.24, 2.45) is 5.92 Å². The molecule has 100 valence electrons. The Morgan fingerprint density at radius 2 is 2.17 bits per heavy atom. The highest BCUT2D eigenvalue weighted by Gasteiger charge is 2.23. The van der Waals surface area contributed by atoms with Crippen LogP contribution in [0.25, 0.3) is 0 Å². The minimum absolute atomic E-state index is 0.210. The molecule has 0 bridgehead atoms. The number of esters is 1. The third kappa shape index (κ3) is 3.96. The Labute approximate surface area is 111 Å².